The molecule has 2 rings (SSSR count). The number of rotatable bonds is 1. The molecule has 0 spiro atoms. The van der Waals surface area contributed by atoms with Gasteiger partial charge in [0.05, 0.1) is 17.8 Å². The molecule has 2 heteroatoms. The van der Waals surface area contributed by atoms with Crippen LogP contribution >= 0.6 is 0 Å². The second kappa shape index (κ2) is 2.82. The minimum absolute atomic E-state index is 0.133. The molecule has 13 heavy (non-hydrogen) atoms. The Labute approximate surface area is 79.6 Å². The Morgan fingerprint density at radius 3 is 2.85 bits per heavy atom. The van der Waals surface area contributed by atoms with Crippen molar-refractivity contribution in [2.24, 2.45) is 11.8 Å². The van der Waals surface area contributed by atoms with Crippen molar-refractivity contribution >= 4 is 0 Å². The van der Waals surface area contributed by atoms with Crippen molar-refractivity contribution in [1.29, 1.82) is 0 Å². The first-order chi connectivity index (χ1) is 6.02. The molecular formula is C11H18O2. The SMILES string of the molecule is CC(C)C1C(O)CC2(C)C=CC1O2. The van der Waals surface area contributed by atoms with Crippen LogP contribution in [0.2, 0.25) is 0 Å². The van der Waals surface area contributed by atoms with Crippen molar-refractivity contribution in [2.45, 2.75) is 45.0 Å². The lowest BCUT2D eigenvalue weighted by molar-refractivity contribution is -0.142. The highest BCUT2D eigenvalue weighted by Gasteiger charge is 2.46. The van der Waals surface area contributed by atoms with E-state index in [2.05, 4.69) is 26.0 Å². The van der Waals surface area contributed by atoms with Gasteiger partial charge in [0.15, 0.2) is 0 Å². The number of aliphatic hydroxyl groups excluding tert-OH is 1. The van der Waals surface area contributed by atoms with E-state index in [0.717, 1.165) is 6.42 Å². The standard InChI is InChI=1S/C11H18O2/c1-7(2)10-8(12)6-11(3)5-4-9(10)13-11/h4-5,7-10,12H,6H2,1-3H3. The molecule has 0 aliphatic carbocycles. The van der Waals surface area contributed by atoms with Crippen LogP contribution in [0, 0.1) is 11.8 Å². The summed E-state index contributed by atoms with van der Waals surface area (Å²) in [6.45, 7) is 6.33. The molecule has 1 fully saturated rings. The maximum atomic E-state index is 9.97. The maximum Gasteiger partial charge on any atom is 0.0868 e. The second-order valence-electron chi connectivity index (χ2n) is 4.85. The van der Waals surface area contributed by atoms with Gasteiger partial charge in [0.25, 0.3) is 0 Å². The van der Waals surface area contributed by atoms with Crippen molar-refractivity contribution in [1.82, 2.24) is 0 Å². The largest absolute Gasteiger partial charge is 0.393 e. The monoisotopic (exact) mass is 182 g/mol. The predicted octanol–water partition coefficient (Wildman–Crippen LogP) is 1.74. The summed E-state index contributed by atoms with van der Waals surface area (Å²) >= 11 is 0. The molecule has 2 aliphatic heterocycles. The third kappa shape index (κ3) is 1.42. The lowest BCUT2D eigenvalue weighted by Crippen LogP contribution is -2.46. The van der Waals surface area contributed by atoms with Gasteiger partial charge in [-0.15, -0.1) is 0 Å². The lowest BCUT2D eigenvalue weighted by atomic mass is 9.81. The van der Waals surface area contributed by atoms with Gasteiger partial charge in [-0.1, -0.05) is 26.0 Å². The first-order valence-electron chi connectivity index (χ1n) is 5.07. The van der Waals surface area contributed by atoms with Crippen LogP contribution in [0.25, 0.3) is 0 Å². The number of hydrogen-bond acceptors (Lipinski definition) is 2. The summed E-state index contributed by atoms with van der Waals surface area (Å²) in [5.41, 5.74) is -0.199. The molecule has 0 aromatic carbocycles. The third-order valence-corrected chi connectivity index (χ3v) is 3.25. The molecule has 2 nitrogen and oxygen atoms in total. The van der Waals surface area contributed by atoms with Gasteiger partial charge in [0, 0.05) is 12.3 Å². The van der Waals surface area contributed by atoms with Gasteiger partial charge < -0.3 is 9.84 Å². The number of aliphatic hydroxyl groups is 1. The summed E-state index contributed by atoms with van der Waals surface area (Å²) < 4.78 is 5.86. The van der Waals surface area contributed by atoms with Gasteiger partial charge in [-0.3, -0.25) is 0 Å². The minimum Gasteiger partial charge on any atom is -0.393 e. The first kappa shape index (κ1) is 9.22. The molecular weight excluding hydrogens is 164 g/mol. The van der Waals surface area contributed by atoms with Crippen LogP contribution < -0.4 is 0 Å². The van der Waals surface area contributed by atoms with E-state index in [1.807, 2.05) is 6.92 Å². The van der Waals surface area contributed by atoms with Crippen LogP contribution in [0.4, 0.5) is 0 Å². The Kier molecular flexibility index (Phi) is 2.00. The number of fused-ring (bicyclic) bond motifs is 2. The summed E-state index contributed by atoms with van der Waals surface area (Å²) in [5, 5.41) is 9.97. The molecule has 4 unspecified atom stereocenters. The molecule has 2 bridgehead atoms. The Hall–Kier alpha value is -0.340. The number of hydrogen-bond donors (Lipinski definition) is 1. The average molecular weight is 182 g/mol. The minimum atomic E-state index is -0.209. The molecule has 2 aliphatic rings. The quantitative estimate of drug-likeness (QED) is 0.626. The van der Waals surface area contributed by atoms with Gasteiger partial charge >= 0.3 is 0 Å². The van der Waals surface area contributed by atoms with Crippen LogP contribution in [0.3, 0.4) is 0 Å². The Bertz CT molecular complexity index is 234. The summed E-state index contributed by atoms with van der Waals surface area (Å²) in [7, 11) is 0. The van der Waals surface area contributed by atoms with Crippen molar-refractivity contribution in [2.75, 3.05) is 0 Å². The fourth-order valence-electron chi connectivity index (χ4n) is 2.60. The molecule has 1 N–H and O–H groups in total. The highest BCUT2D eigenvalue weighted by Crippen LogP contribution is 2.41. The normalized spacial score (nSPS) is 48.8. The fourth-order valence-corrected chi connectivity index (χ4v) is 2.60. The summed E-state index contributed by atoms with van der Waals surface area (Å²) in [6, 6.07) is 0. The van der Waals surface area contributed by atoms with Crippen LogP contribution in [-0.4, -0.2) is 22.9 Å². The molecule has 0 saturated carbocycles. The van der Waals surface area contributed by atoms with E-state index in [1.54, 1.807) is 0 Å². The van der Waals surface area contributed by atoms with Gasteiger partial charge in [0.1, 0.15) is 0 Å². The Morgan fingerprint density at radius 1 is 1.54 bits per heavy atom. The summed E-state index contributed by atoms with van der Waals surface area (Å²) in [4.78, 5) is 0. The summed E-state index contributed by atoms with van der Waals surface area (Å²) in [6.07, 6.45) is 4.88. The zero-order chi connectivity index (χ0) is 9.64. The van der Waals surface area contributed by atoms with Gasteiger partial charge in [-0.05, 0) is 12.8 Å². The van der Waals surface area contributed by atoms with E-state index in [1.165, 1.54) is 0 Å². The molecule has 4 atom stereocenters. The van der Waals surface area contributed by atoms with Crippen molar-refractivity contribution in [3.05, 3.63) is 12.2 Å². The molecule has 1 saturated heterocycles. The molecule has 0 radical (unpaired) electrons. The molecule has 2 heterocycles. The van der Waals surface area contributed by atoms with Crippen LogP contribution in [0.15, 0.2) is 12.2 Å². The molecule has 0 aromatic rings. The van der Waals surface area contributed by atoms with E-state index in [-0.39, 0.29) is 23.7 Å². The lowest BCUT2D eigenvalue weighted by Gasteiger charge is -2.41. The molecule has 0 aromatic heterocycles. The predicted molar refractivity (Wildman–Crippen MR) is 51.4 cm³/mol. The van der Waals surface area contributed by atoms with Crippen LogP contribution in [0.1, 0.15) is 27.2 Å². The summed E-state index contributed by atoms with van der Waals surface area (Å²) in [5.74, 6) is 0.749. The van der Waals surface area contributed by atoms with Crippen molar-refractivity contribution in [3.8, 4) is 0 Å². The van der Waals surface area contributed by atoms with Crippen LogP contribution in [0.5, 0.6) is 0 Å². The van der Waals surface area contributed by atoms with Crippen molar-refractivity contribution < 1.29 is 9.84 Å². The fraction of sp³-hybridized carbons (Fsp3) is 0.818. The van der Waals surface area contributed by atoms with Gasteiger partial charge in [-0.25, -0.2) is 0 Å². The highest BCUT2D eigenvalue weighted by molar-refractivity contribution is 5.16. The van der Waals surface area contributed by atoms with E-state index < -0.39 is 0 Å². The third-order valence-electron chi connectivity index (χ3n) is 3.25. The number of ether oxygens (including phenoxy) is 1. The topological polar surface area (TPSA) is 29.5 Å². The zero-order valence-corrected chi connectivity index (χ0v) is 8.53. The molecule has 74 valence electrons. The van der Waals surface area contributed by atoms with Crippen LogP contribution in [-0.2, 0) is 4.74 Å². The zero-order valence-electron chi connectivity index (χ0n) is 8.53. The Morgan fingerprint density at radius 2 is 2.23 bits per heavy atom. The van der Waals surface area contributed by atoms with Crippen molar-refractivity contribution in [3.63, 3.8) is 0 Å². The van der Waals surface area contributed by atoms with Gasteiger partial charge in [0.2, 0.25) is 0 Å². The van der Waals surface area contributed by atoms with E-state index >= 15 is 0 Å². The Balaban J connectivity index is 2.20. The smallest absolute Gasteiger partial charge is 0.0868 e. The van der Waals surface area contributed by atoms with E-state index in [4.69, 9.17) is 4.74 Å². The van der Waals surface area contributed by atoms with Gasteiger partial charge in [-0.2, -0.15) is 0 Å². The average Bonchev–Trinajstić information content (AvgIpc) is 2.26. The highest BCUT2D eigenvalue weighted by atomic mass is 16.5. The maximum absolute atomic E-state index is 9.97. The molecule has 0 amide bonds. The van der Waals surface area contributed by atoms with E-state index in [9.17, 15) is 5.11 Å². The van der Waals surface area contributed by atoms with E-state index in [0.29, 0.717) is 5.92 Å². The first-order valence-corrected chi connectivity index (χ1v) is 5.07. The second-order valence-corrected chi connectivity index (χ2v) is 4.85.